The molecular formula is C7H9N5O. The van der Waals surface area contributed by atoms with Crippen LogP contribution in [0.4, 0.5) is 0 Å². The summed E-state index contributed by atoms with van der Waals surface area (Å²) in [6, 6.07) is 0. The zero-order valence-electron chi connectivity index (χ0n) is 7.21. The standard InChI is InChI=1S/C7H9N5O/c1-6-9-7(13-10-6)2-4-12-5-3-8-11-12/h3,5H,2,4H2,1H3. The van der Waals surface area contributed by atoms with Crippen LogP contribution in [0.2, 0.25) is 0 Å². The van der Waals surface area contributed by atoms with Gasteiger partial charge in [-0.05, 0) is 6.92 Å². The molecule has 0 aliphatic carbocycles. The van der Waals surface area contributed by atoms with Crippen molar-refractivity contribution in [2.75, 3.05) is 0 Å². The van der Waals surface area contributed by atoms with E-state index >= 15 is 0 Å². The Morgan fingerprint density at radius 3 is 3.08 bits per heavy atom. The molecule has 68 valence electrons. The lowest BCUT2D eigenvalue weighted by Gasteiger charge is -1.94. The van der Waals surface area contributed by atoms with Crippen molar-refractivity contribution < 1.29 is 4.52 Å². The second-order valence-electron chi connectivity index (χ2n) is 2.65. The molecule has 0 saturated heterocycles. The van der Waals surface area contributed by atoms with Crippen molar-refractivity contribution in [2.45, 2.75) is 19.9 Å². The molecule has 0 fully saturated rings. The summed E-state index contributed by atoms with van der Waals surface area (Å²) >= 11 is 0. The SMILES string of the molecule is Cc1noc(CCn2ccnn2)n1. The van der Waals surface area contributed by atoms with Crippen LogP contribution in [0.5, 0.6) is 0 Å². The third-order valence-corrected chi connectivity index (χ3v) is 1.60. The second kappa shape index (κ2) is 3.34. The van der Waals surface area contributed by atoms with E-state index in [1.165, 1.54) is 0 Å². The van der Waals surface area contributed by atoms with Gasteiger partial charge in [0.15, 0.2) is 5.82 Å². The van der Waals surface area contributed by atoms with Crippen LogP contribution in [-0.2, 0) is 13.0 Å². The smallest absolute Gasteiger partial charge is 0.228 e. The minimum Gasteiger partial charge on any atom is -0.339 e. The lowest BCUT2D eigenvalue weighted by Crippen LogP contribution is -2.02. The fourth-order valence-electron chi connectivity index (χ4n) is 1.00. The van der Waals surface area contributed by atoms with Gasteiger partial charge in [-0.3, -0.25) is 4.68 Å². The minimum absolute atomic E-state index is 0.632. The number of aromatic nitrogens is 5. The van der Waals surface area contributed by atoms with Gasteiger partial charge in [0.25, 0.3) is 0 Å². The summed E-state index contributed by atoms with van der Waals surface area (Å²) in [6.07, 6.45) is 4.12. The fraction of sp³-hybridized carbons (Fsp3) is 0.429. The first-order valence-electron chi connectivity index (χ1n) is 3.98. The summed E-state index contributed by atoms with van der Waals surface area (Å²) < 4.78 is 6.66. The average molecular weight is 179 g/mol. The number of hydrogen-bond donors (Lipinski definition) is 0. The van der Waals surface area contributed by atoms with Crippen molar-refractivity contribution in [3.8, 4) is 0 Å². The van der Waals surface area contributed by atoms with Crippen molar-refractivity contribution in [1.29, 1.82) is 0 Å². The quantitative estimate of drug-likeness (QED) is 0.673. The first kappa shape index (κ1) is 7.90. The monoisotopic (exact) mass is 179 g/mol. The highest BCUT2D eigenvalue weighted by Gasteiger charge is 2.02. The largest absolute Gasteiger partial charge is 0.339 e. The van der Waals surface area contributed by atoms with E-state index in [2.05, 4.69) is 20.5 Å². The lowest BCUT2D eigenvalue weighted by molar-refractivity contribution is 0.365. The van der Waals surface area contributed by atoms with Gasteiger partial charge in [0.2, 0.25) is 5.89 Å². The molecule has 0 radical (unpaired) electrons. The van der Waals surface area contributed by atoms with Crippen LogP contribution in [0.3, 0.4) is 0 Å². The molecule has 2 aromatic rings. The second-order valence-corrected chi connectivity index (χ2v) is 2.65. The molecule has 0 N–H and O–H groups in total. The average Bonchev–Trinajstić information content (AvgIpc) is 2.71. The van der Waals surface area contributed by atoms with Crippen molar-refractivity contribution >= 4 is 0 Å². The molecule has 0 aliphatic heterocycles. The van der Waals surface area contributed by atoms with Crippen LogP contribution < -0.4 is 0 Å². The number of hydrogen-bond acceptors (Lipinski definition) is 5. The Labute approximate surface area is 74.6 Å². The number of nitrogens with zero attached hydrogens (tertiary/aromatic N) is 5. The lowest BCUT2D eigenvalue weighted by atomic mass is 10.4. The van der Waals surface area contributed by atoms with E-state index in [0.29, 0.717) is 24.7 Å². The Hall–Kier alpha value is -1.72. The van der Waals surface area contributed by atoms with Crippen LogP contribution in [0, 0.1) is 6.92 Å². The molecule has 13 heavy (non-hydrogen) atoms. The summed E-state index contributed by atoms with van der Waals surface area (Å²) in [4.78, 5) is 4.07. The highest BCUT2D eigenvalue weighted by molar-refractivity contribution is 4.82. The van der Waals surface area contributed by atoms with Gasteiger partial charge >= 0.3 is 0 Å². The van der Waals surface area contributed by atoms with Gasteiger partial charge < -0.3 is 4.52 Å². The summed E-state index contributed by atoms with van der Waals surface area (Å²) in [5, 5.41) is 11.2. The van der Waals surface area contributed by atoms with Gasteiger partial charge in [-0.2, -0.15) is 4.98 Å². The van der Waals surface area contributed by atoms with Crippen molar-refractivity contribution in [2.24, 2.45) is 0 Å². The van der Waals surface area contributed by atoms with E-state index < -0.39 is 0 Å². The summed E-state index contributed by atoms with van der Waals surface area (Å²) in [5.41, 5.74) is 0. The topological polar surface area (TPSA) is 69.6 Å². The summed E-state index contributed by atoms with van der Waals surface area (Å²) in [6.45, 7) is 2.50. The van der Waals surface area contributed by atoms with Crippen molar-refractivity contribution in [3.63, 3.8) is 0 Å². The zero-order chi connectivity index (χ0) is 9.10. The molecule has 0 aromatic carbocycles. The van der Waals surface area contributed by atoms with Gasteiger partial charge in [0, 0.05) is 12.6 Å². The normalized spacial score (nSPS) is 10.5. The Kier molecular flexibility index (Phi) is 2.03. The van der Waals surface area contributed by atoms with E-state index in [-0.39, 0.29) is 0 Å². The van der Waals surface area contributed by atoms with E-state index in [0.717, 1.165) is 0 Å². The van der Waals surface area contributed by atoms with Gasteiger partial charge in [0.05, 0.1) is 12.7 Å². The van der Waals surface area contributed by atoms with Gasteiger partial charge in [-0.15, -0.1) is 5.10 Å². The summed E-state index contributed by atoms with van der Waals surface area (Å²) in [5.74, 6) is 1.29. The Morgan fingerprint density at radius 1 is 1.54 bits per heavy atom. The van der Waals surface area contributed by atoms with E-state index in [9.17, 15) is 0 Å². The van der Waals surface area contributed by atoms with E-state index in [1.807, 2.05) is 0 Å². The highest BCUT2D eigenvalue weighted by Crippen LogP contribution is 1.98. The maximum atomic E-state index is 4.94. The molecule has 0 aliphatic rings. The van der Waals surface area contributed by atoms with Crippen LogP contribution in [0.15, 0.2) is 16.9 Å². The molecular weight excluding hydrogens is 170 g/mol. The molecule has 2 rings (SSSR count). The molecule has 0 unspecified atom stereocenters. The summed E-state index contributed by atoms with van der Waals surface area (Å²) in [7, 11) is 0. The predicted octanol–water partition coefficient (Wildman–Crippen LogP) is 0.212. The molecule has 0 amide bonds. The third-order valence-electron chi connectivity index (χ3n) is 1.60. The molecule has 0 spiro atoms. The molecule has 6 nitrogen and oxygen atoms in total. The van der Waals surface area contributed by atoms with Gasteiger partial charge in [-0.25, -0.2) is 0 Å². The van der Waals surface area contributed by atoms with Crippen molar-refractivity contribution in [1.82, 2.24) is 25.1 Å². The maximum Gasteiger partial charge on any atom is 0.228 e. The molecule has 0 bridgehead atoms. The fourth-order valence-corrected chi connectivity index (χ4v) is 1.00. The molecule has 2 heterocycles. The van der Waals surface area contributed by atoms with Crippen LogP contribution in [-0.4, -0.2) is 25.1 Å². The zero-order valence-corrected chi connectivity index (χ0v) is 7.21. The molecule has 2 aromatic heterocycles. The molecule has 0 atom stereocenters. The van der Waals surface area contributed by atoms with Crippen LogP contribution in [0.25, 0.3) is 0 Å². The Morgan fingerprint density at radius 2 is 2.46 bits per heavy atom. The highest BCUT2D eigenvalue weighted by atomic mass is 16.5. The molecule has 6 heteroatoms. The van der Waals surface area contributed by atoms with Crippen molar-refractivity contribution in [3.05, 3.63) is 24.1 Å². The Balaban J connectivity index is 1.93. The first-order chi connectivity index (χ1) is 6.34. The van der Waals surface area contributed by atoms with Gasteiger partial charge in [-0.1, -0.05) is 10.4 Å². The maximum absolute atomic E-state index is 4.94. The first-order valence-corrected chi connectivity index (χ1v) is 3.98. The third kappa shape index (κ3) is 1.90. The van der Waals surface area contributed by atoms with E-state index in [1.54, 1.807) is 24.0 Å². The van der Waals surface area contributed by atoms with Crippen LogP contribution in [0.1, 0.15) is 11.7 Å². The minimum atomic E-state index is 0.632. The Bertz CT molecular complexity index is 366. The van der Waals surface area contributed by atoms with Gasteiger partial charge in [0.1, 0.15) is 0 Å². The number of aryl methyl sites for hydroxylation is 3. The van der Waals surface area contributed by atoms with Crippen LogP contribution >= 0.6 is 0 Å². The van der Waals surface area contributed by atoms with E-state index in [4.69, 9.17) is 4.52 Å². The number of rotatable bonds is 3. The molecule has 0 saturated carbocycles. The predicted molar refractivity (Wildman–Crippen MR) is 42.8 cm³/mol.